The van der Waals surface area contributed by atoms with Crippen LogP contribution in [0, 0.1) is 11.3 Å². The average molecular weight is 409 g/mol. The molecule has 1 aliphatic heterocycles. The number of aryl methyl sites for hydroxylation is 1. The smallest absolute Gasteiger partial charge is 0.226 e. The van der Waals surface area contributed by atoms with Crippen molar-refractivity contribution in [1.29, 1.82) is 0 Å². The molecule has 1 saturated carbocycles. The summed E-state index contributed by atoms with van der Waals surface area (Å²) in [5, 5.41) is 3.39. The zero-order valence-corrected chi connectivity index (χ0v) is 18.0. The second kappa shape index (κ2) is 7.26. The Hall–Kier alpha value is -2.18. The SMILES string of the molecule is CN(Cc1cscn1)C(=O)[C@@H]1CC12CCN(Cc1cn(C)c3ccccc13)CC2. The first kappa shape index (κ1) is 18.8. The molecule has 1 spiro atoms. The molecule has 3 aromatic rings. The van der Waals surface area contributed by atoms with Crippen LogP contribution in [0.2, 0.25) is 0 Å². The molecule has 2 aliphatic rings. The van der Waals surface area contributed by atoms with E-state index in [1.165, 1.54) is 16.5 Å². The number of hydrogen-bond donors (Lipinski definition) is 0. The van der Waals surface area contributed by atoms with Crippen LogP contribution in [0.25, 0.3) is 10.9 Å². The zero-order chi connectivity index (χ0) is 20.0. The predicted octanol–water partition coefficient (Wildman–Crippen LogP) is 3.90. The van der Waals surface area contributed by atoms with Gasteiger partial charge >= 0.3 is 0 Å². The summed E-state index contributed by atoms with van der Waals surface area (Å²) in [7, 11) is 4.04. The number of carbonyl (C=O) groups is 1. The van der Waals surface area contributed by atoms with Gasteiger partial charge in [-0.15, -0.1) is 11.3 Å². The van der Waals surface area contributed by atoms with Gasteiger partial charge in [-0.1, -0.05) is 18.2 Å². The first-order valence-electron chi connectivity index (χ1n) is 10.4. The van der Waals surface area contributed by atoms with E-state index in [1.54, 1.807) is 11.3 Å². The van der Waals surface area contributed by atoms with Gasteiger partial charge in [0.05, 0.1) is 17.7 Å². The van der Waals surface area contributed by atoms with Gasteiger partial charge in [-0.3, -0.25) is 9.69 Å². The highest BCUT2D eigenvalue weighted by molar-refractivity contribution is 7.07. The van der Waals surface area contributed by atoms with Crippen molar-refractivity contribution in [2.24, 2.45) is 18.4 Å². The first-order chi connectivity index (χ1) is 14.1. The molecule has 6 heteroatoms. The molecule has 0 unspecified atom stereocenters. The van der Waals surface area contributed by atoms with Crippen LogP contribution in [-0.2, 0) is 24.9 Å². The first-order valence-corrected chi connectivity index (χ1v) is 11.4. The maximum Gasteiger partial charge on any atom is 0.226 e. The summed E-state index contributed by atoms with van der Waals surface area (Å²) in [5.41, 5.74) is 5.78. The number of benzene rings is 1. The van der Waals surface area contributed by atoms with E-state index in [9.17, 15) is 4.79 Å². The summed E-state index contributed by atoms with van der Waals surface area (Å²) in [4.78, 5) is 21.7. The van der Waals surface area contributed by atoms with Gasteiger partial charge in [0.2, 0.25) is 5.91 Å². The Morgan fingerprint density at radius 1 is 1.31 bits per heavy atom. The minimum absolute atomic E-state index is 0.214. The number of hydrogen-bond acceptors (Lipinski definition) is 4. The highest BCUT2D eigenvalue weighted by Gasteiger charge is 2.59. The molecule has 3 heterocycles. The molecule has 2 aromatic heterocycles. The summed E-state index contributed by atoms with van der Waals surface area (Å²) in [6.07, 6.45) is 5.61. The molecule has 5 rings (SSSR count). The normalized spacial score (nSPS) is 21.0. The van der Waals surface area contributed by atoms with Crippen LogP contribution in [0.3, 0.4) is 0 Å². The number of rotatable bonds is 5. The molecular weight excluding hydrogens is 380 g/mol. The number of fused-ring (bicyclic) bond motifs is 1. The Balaban J connectivity index is 1.18. The Morgan fingerprint density at radius 3 is 2.86 bits per heavy atom. The molecule has 1 amide bonds. The van der Waals surface area contributed by atoms with E-state index in [0.717, 1.165) is 44.6 Å². The standard InChI is InChI=1S/C23H28N4OS/c1-25-12-17(19-5-3-4-6-21(19)25)13-27-9-7-23(8-10-27)11-20(23)22(28)26(2)14-18-15-29-16-24-18/h3-6,12,15-16,20H,7-11,13-14H2,1-2H3/t20-/m0/s1. The number of thiazole rings is 1. The van der Waals surface area contributed by atoms with Crippen LogP contribution >= 0.6 is 11.3 Å². The molecule has 0 radical (unpaired) electrons. The molecule has 29 heavy (non-hydrogen) atoms. The minimum atomic E-state index is 0.214. The maximum atomic E-state index is 12.9. The van der Waals surface area contributed by atoms with Gasteiger partial charge in [0.25, 0.3) is 0 Å². The van der Waals surface area contributed by atoms with Crippen LogP contribution in [0.4, 0.5) is 0 Å². The molecule has 0 bridgehead atoms. The Labute approximate surface area is 175 Å². The third kappa shape index (κ3) is 3.49. The van der Waals surface area contributed by atoms with Crippen molar-refractivity contribution in [2.45, 2.75) is 32.4 Å². The summed E-state index contributed by atoms with van der Waals surface area (Å²) < 4.78 is 2.23. The van der Waals surface area contributed by atoms with Gasteiger partial charge in [0.1, 0.15) is 0 Å². The summed E-state index contributed by atoms with van der Waals surface area (Å²) >= 11 is 1.59. The van der Waals surface area contributed by atoms with Crippen LogP contribution in [0.5, 0.6) is 0 Å². The third-order valence-corrected chi connectivity index (χ3v) is 7.61. The predicted molar refractivity (Wildman–Crippen MR) is 117 cm³/mol. The highest BCUT2D eigenvalue weighted by atomic mass is 32.1. The van der Waals surface area contributed by atoms with Crippen LogP contribution in [-0.4, -0.2) is 45.4 Å². The van der Waals surface area contributed by atoms with Gasteiger partial charge in [-0.05, 0) is 49.4 Å². The van der Waals surface area contributed by atoms with E-state index in [4.69, 9.17) is 0 Å². The lowest BCUT2D eigenvalue weighted by molar-refractivity contribution is -0.133. The van der Waals surface area contributed by atoms with E-state index in [0.29, 0.717) is 12.5 Å². The minimum Gasteiger partial charge on any atom is -0.350 e. The van der Waals surface area contributed by atoms with Crippen molar-refractivity contribution in [1.82, 2.24) is 19.4 Å². The molecule has 1 saturated heterocycles. The van der Waals surface area contributed by atoms with Crippen molar-refractivity contribution in [2.75, 3.05) is 20.1 Å². The van der Waals surface area contributed by atoms with Gasteiger partial charge < -0.3 is 9.47 Å². The second-order valence-corrected chi connectivity index (χ2v) is 9.57. The fourth-order valence-electron chi connectivity index (χ4n) is 5.10. The summed E-state index contributed by atoms with van der Waals surface area (Å²) in [5.74, 6) is 0.520. The molecule has 1 aliphatic carbocycles. The Morgan fingerprint density at radius 2 is 2.10 bits per heavy atom. The molecule has 1 aromatic carbocycles. The van der Waals surface area contributed by atoms with E-state index in [-0.39, 0.29) is 11.3 Å². The van der Waals surface area contributed by atoms with Crippen LogP contribution < -0.4 is 0 Å². The zero-order valence-electron chi connectivity index (χ0n) is 17.2. The van der Waals surface area contributed by atoms with E-state index in [1.807, 2.05) is 22.8 Å². The number of carbonyl (C=O) groups excluding carboxylic acids is 1. The van der Waals surface area contributed by atoms with Gasteiger partial charge in [-0.25, -0.2) is 4.98 Å². The number of para-hydroxylation sites is 1. The largest absolute Gasteiger partial charge is 0.350 e. The van der Waals surface area contributed by atoms with Gasteiger partial charge in [-0.2, -0.15) is 0 Å². The number of nitrogens with zero attached hydrogens (tertiary/aromatic N) is 4. The lowest BCUT2D eigenvalue weighted by atomic mass is 9.90. The molecular formula is C23H28N4OS. The molecule has 152 valence electrons. The van der Waals surface area contributed by atoms with Gasteiger partial charge in [0.15, 0.2) is 0 Å². The second-order valence-electron chi connectivity index (χ2n) is 8.85. The number of likely N-dealkylation sites (tertiary alicyclic amines) is 1. The van der Waals surface area contributed by atoms with E-state index < -0.39 is 0 Å². The Kier molecular flexibility index (Phi) is 4.71. The lowest BCUT2D eigenvalue weighted by Gasteiger charge is -2.33. The average Bonchev–Trinajstić information content (AvgIpc) is 3.03. The van der Waals surface area contributed by atoms with Crippen molar-refractivity contribution in [3.63, 3.8) is 0 Å². The molecule has 0 N–H and O–H groups in total. The quantitative estimate of drug-likeness (QED) is 0.643. The van der Waals surface area contributed by atoms with Crippen molar-refractivity contribution < 1.29 is 4.79 Å². The molecule has 5 nitrogen and oxygen atoms in total. The molecule has 2 fully saturated rings. The monoisotopic (exact) mass is 408 g/mol. The van der Waals surface area contributed by atoms with Crippen molar-refractivity contribution in [3.05, 3.63) is 52.6 Å². The fourth-order valence-corrected chi connectivity index (χ4v) is 5.65. The topological polar surface area (TPSA) is 41.4 Å². The fraction of sp³-hybridized carbons (Fsp3) is 0.478. The number of piperidine rings is 1. The maximum absolute atomic E-state index is 12.9. The lowest BCUT2D eigenvalue weighted by Crippen LogP contribution is -2.37. The Bertz CT molecular complexity index is 1020. The van der Waals surface area contributed by atoms with E-state index >= 15 is 0 Å². The van der Waals surface area contributed by atoms with Crippen LogP contribution in [0.1, 0.15) is 30.5 Å². The van der Waals surface area contributed by atoms with Crippen LogP contribution in [0.15, 0.2) is 41.4 Å². The van der Waals surface area contributed by atoms with Crippen molar-refractivity contribution >= 4 is 28.1 Å². The van der Waals surface area contributed by atoms with Gasteiger partial charge in [0, 0.05) is 49.0 Å². The number of aromatic nitrogens is 2. The number of amides is 1. The third-order valence-electron chi connectivity index (χ3n) is 6.97. The highest BCUT2D eigenvalue weighted by Crippen LogP contribution is 2.60. The van der Waals surface area contributed by atoms with E-state index in [2.05, 4.69) is 52.0 Å². The van der Waals surface area contributed by atoms with Crippen molar-refractivity contribution in [3.8, 4) is 0 Å². The molecule has 1 atom stereocenters. The summed E-state index contributed by atoms with van der Waals surface area (Å²) in [6.45, 7) is 3.80. The summed E-state index contributed by atoms with van der Waals surface area (Å²) in [6, 6.07) is 8.64.